The van der Waals surface area contributed by atoms with Crippen LogP contribution < -0.4 is 4.74 Å². The number of hydrogen-bond donors (Lipinski definition) is 0. The van der Waals surface area contributed by atoms with E-state index in [1.54, 1.807) is 19.2 Å². The summed E-state index contributed by atoms with van der Waals surface area (Å²) in [5, 5.41) is 7.83. The number of ether oxygens (including phenoxy) is 1. The van der Waals surface area contributed by atoms with Gasteiger partial charge in [0.1, 0.15) is 5.52 Å². The zero-order valence-corrected chi connectivity index (χ0v) is 10.6. The van der Waals surface area contributed by atoms with Gasteiger partial charge in [-0.25, -0.2) is 15.0 Å². The third-order valence-corrected chi connectivity index (χ3v) is 2.58. The average Bonchev–Trinajstić information content (AvgIpc) is 2.82. The Balaban J connectivity index is 1.82. The van der Waals surface area contributed by atoms with Gasteiger partial charge in [0.2, 0.25) is 11.8 Å². The van der Waals surface area contributed by atoms with Crippen LogP contribution in [-0.4, -0.2) is 25.1 Å². The molecule has 0 amide bonds. The van der Waals surface area contributed by atoms with E-state index in [0.717, 1.165) is 0 Å². The molecular formula is C11H8ClN5O2. The van der Waals surface area contributed by atoms with Gasteiger partial charge in [-0.1, -0.05) is 11.6 Å². The molecular weight excluding hydrogens is 270 g/mol. The van der Waals surface area contributed by atoms with Crippen molar-refractivity contribution in [1.82, 2.24) is 25.1 Å². The number of halogens is 1. The van der Waals surface area contributed by atoms with Crippen molar-refractivity contribution in [2.45, 2.75) is 13.5 Å². The molecule has 0 atom stereocenters. The molecule has 0 N–H and O–H groups in total. The van der Waals surface area contributed by atoms with Crippen LogP contribution in [-0.2, 0) is 6.61 Å². The Morgan fingerprint density at radius 3 is 3.00 bits per heavy atom. The summed E-state index contributed by atoms with van der Waals surface area (Å²) in [5.74, 6) is 1.22. The summed E-state index contributed by atoms with van der Waals surface area (Å²) in [6.07, 6.45) is 3.03. The van der Waals surface area contributed by atoms with Gasteiger partial charge in [0.05, 0.1) is 11.7 Å². The molecule has 3 rings (SSSR count). The number of nitrogens with zero attached hydrogens (tertiary/aromatic N) is 5. The van der Waals surface area contributed by atoms with Crippen molar-refractivity contribution in [3.8, 4) is 5.88 Å². The van der Waals surface area contributed by atoms with E-state index < -0.39 is 0 Å². The first-order valence-electron chi connectivity index (χ1n) is 5.41. The number of hydrogen-bond acceptors (Lipinski definition) is 7. The third-order valence-electron chi connectivity index (χ3n) is 2.30. The molecule has 19 heavy (non-hydrogen) atoms. The van der Waals surface area contributed by atoms with E-state index in [2.05, 4.69) is 25.1 Å². The zero-order chi connectivity index (χ0) is 13.2. The normalized spacial score (nSPS) is 10.8. The van der Waals surface area contributed by atoms with Gasteiger partial charge in [0.25, 0.3) is 5.89 Å². The quantitative estimate of drug-likeness (QED) is 0.676. The maximum Gasteiger partial charge on any atom is 0.253 e. The predicted octanol–water partition coefficient (Wildman–Crippen LogP) is 1.95. The Bertz CT molecular complexity index is 730. The summed E-state index contributed by atoms with van der Waals surface area (Å²) in [6.45, 7) is 1.85. The number of pyridine rings is 1. The van der Waals surface area contributed by atoms with Crippen molar-refractivity contribution in [2.75, 3.05) is 0 Å². The number of rotatable bonds is 3. The van der Waals surface area contributed by atoms with Gasteiger partial charge in [-0.15, -0.1) is 10.2 Å². The molecule has 0 aliphatic rings. The Hall–Kier alpha value is -2.28. The smallest absolute Gasteiger partial charge is 0.253 e. The molecule has 0 bridgehead atoms. The molecule has 96 valence electrons. The number of aromatic nitrogens is 5. The Morgan fingerprint density at radius 1 is 1.32 bits per heavy atom. The van der Waals surface area contributed by atoms with Gasteiger partial charge in [0.15, 0.2) is 11.8 Å². The van der Waals surface area contributed by atoms with Gasteiger partial charge in [-0.2, -0.15) is 0 Å². The molecule has 0 saturated carbocycles. The van der Waals surface area contributed by atoms with E-state index >= 15 is 0 Å². The molecule has 0 unspecified atom stereocenters. The summed E-state index contributed by atoms with van der Waals surface area (Å²) < 4.78 is 10.6. The lowest BCUT2D eigenvalue weighted by atomic mass is 10.4. The van der Waals surface area contributed by atoms with E-state index in [-0.39, 0.29) is 6.61 Å². The van der Waals surface area contributed by atoms with Gasteiger partial charge >= 0.3 is 0 Å². The number of aryl methyl sites for hydroxylation is 1. The first kappa shape index (κ1) is 11.8. The summed E-state index contributed by atoms with van der Waals surface area (Å²) >= 11 is 5.90. The molecule has 8 heteroatoms. The van der Waals surface area contributed by atoms with Crippen LogP contribution in [0.2, 0.25) is 5.15 Å². The monoisotopic (exact) mass is 277 g/mol. The van der Waals surface area contributed by atoms with E-state index in [4.69, 9.17) is 20.8 Å². The SMILES string of the molecule is Cc1nnc(COc2cnc3c(Cl)nccc3n2)o1. The zero-order valence-electron chi connectivity index (χ0n) is 9.87. The minimum Gasteiger partial charge on any atom is -0.466 e. The first-order chi connectivity index (χ1) is 9.22. The lowest BCUT2D eigenvalue weighted by Gasteiger charge is -2.03. The largest absolute Gasteiger partial charge is 0.466 e. The summed E-state index contributed by atoms with van der Waals surface area (Å²) in [4.78, 5) is 12.3. The molecule has 7 nitrogen and oxygen atoms in total. The second-order valence-electron chi connectivity index (χ2n) is 3.68. The van der Waals surface area contributed by atoms with Gasteiger partial charge in [0, 0.05) is 13.1 Å². The molecule has 0 aromatic carbocycles. The topological polar surface area (TPSA) is 86.8 Å². The Kier molecular flexibility index (Phi) is 2.96. The fraction of sp³-hybridized carbons (Fsp3) is 0.182. The van der Waals surface area contributed by atoms with Crippen molar-refractivity contribution in [3.63, 3.8) is 0 Å². The highest BCUT2D eigenvalue weighted by Crippen LogP contribution is 2.19. The van der Waals surface area contributed by atoms with Crippen LogP contribution >= 0.6 is 11.6 Å². The van der Waals surface area contributed by atoms with Crippen LogP contribution in [0.25, 0.3) is 11.0 Å². The second kappa shape index (κ2) is 4.77. The molecule has 0 aliphatic carbocycles. The van der Waals surface area contributed by atoms with Gasteiger partial charge < -0.3 is 9.15 Å². The van der Waals surface area contributed by atoms with Crippen molar-refractivity contribution in [2.24, 2.45) is 0 Å². The predicted molar refractivity (Wildman–Crippen MR) is 65.7 cm³/mol. The molecule has 3 heterocycles. The van der Waals surface area contributed by atoms with E-state index in [9.17, 15) is 0 Å². The van der Waals surface area contributed by atoms with Crippen molar-refractivity contribution >= 4 is 22.6 Å². The van der Waals surface area contributed by atoms with Crippen LogP contribution in [0.4, 0.5) is 0 Å². The van der Waals surface area contributed by atoms with E-state index in [1.807, 2.05) is 0 Å². The van der Waals surface area contributed by atoms with Crippen molar-refractivity contribution in [1.29, 1.82) is 0 Å². The molecule has 0 aliphatic heterocycles. The van der Waals surface area contributed by atoms with Crippen molar-refractivity contribution in [3.05, 3.63) is 35.4 Å². The standard InChI is InChI=1S/C11H8ClN5O2/c1-6-16-17-9(19-6)5-18-8-4-14-10-7(15-8)2-3-13-11(10)12/h2-4H,5H2,1H3. The molecule has 0 radical (unpaired) electrons. The Labute approximate surface area is 112 Å². The van der Waals surface area contributed by atoms with E-state index in [0.29, 0.717) is 33.8 Å². The number of fused-ring (bicyclic) bond motifs is 1. The Morgan fingerprint density at radius 2 is 2.21 bits per heavy atom. The highest BCUT2D eigenvalue weighted by molar-refractivity contribution is 6.33. The van der Waals surface area contributed by atoms with Crippen molar-refractivity contribution < 1.29 is 9.15 Å². The molecule has 0 saturated heterocycles. The lowest BCUT2D eigenvalue weighted by molar-refractivity contribution is 0.251. The lowest BCUT2D eigenvalue weighted by Crippen LogP contribution is -1.99. The molecule has 0 spiro atoms. The maximum atomic E-state index is 5.90. The van der Waals surface area contributed by atoms with Crippen LogP contribution in [0.5, 0.6) is 5.88 Å². The van der Waals surface area contributed by atoms with Gasteiger partial charge in [-0.05, 0) is 6.07 Å². The molecule has 0 fully saturated rings. The van der Waals surface area contributed by atoms with Gasteiger partial charge in [-0.3, -0.25) is 0 Å². The van der Waals surface area contributed by atoms with E-state index in [1.165, 1.54) is 6.20 Å². The third kappa shape index (κ3) is 2.45. The van der Waals surface area contributed by atoms with Crippen LogP contribution in [0.3, 0.4) is 0 Å². The summed E-state index contributed by atoms with van der Waals surface area (Å²) in [7, 11) is 0. The average molecular weight is 278 g/mol. The fourth-order valence-corrected chi connectivity index (χ4v) is 1.70. The maximum absolute atomic E-state index is 5.90. The van der Waals surface area contributed by atoms with Crippen LogP contribution in [0, 0.1) is 6.92 Å². The summed E-state index contributed by atoms with van der Waals surface area (Å²) in [6, 6.07) is 1.71. The highest BCUT2D eigenvalue weighted by atomic mass is 35.5. The second-order valence-corrected chi connectivity index (χ2v) is 4.04. The molecule has 3 aromatic heterocycles. The highest BCUT2D eigenvalue weighted by Gasteiger charge is 2.07. The summed E-state index contributed by atoms with van der Waals surface area (Å²) in [5.41, 5.74) is 1.14. The minimum atomic E-state index is 0.139. The minimum absolute atomic E-state index is 0.139. The fourth-order valence-electron chi connectivity index (χ4n) is 1.50. The van der Waals surface area contributed by atoms with Crippen LogP contribution in [0.15, 0.2) is 22.9 Å². The van der Waals surface area contributed by atoms with Crippen LogP contribution in [0.1, 0.15) is 11.8 Å². The first-order valence-corrected chi connectivity index (χ1v) is 5.79. The molecule has 3 aromatic rings.